The first-order chi connectivity index (χ1) is 9.72. The molecule has 106 valence electrons. The molecule has 0 bridgehead atoms. The second-order valence-electron chi connectivity index (χ2n) is 4.67. The van der Waals surface area contributed by atoms with Gasteiger partial charge in [0, 0.05) is 12.5 Å². The van der Waals surface area contributed by atoms with Gasteiger partial charge >= 0.3 is 0 Å². The molecule has 0 saturated heterocycles. The van der Waals surface area contributed by atoms with Gasteiger partial charge in [0.2, 0.25) is 5.91 Å². The summed E-state index contributed by atoms with van der Waals surface area (Å²) >= 11 is 0. The largest absolute Gasteiger partial charge is 0.320 e. The maximum Gasteiger partial charge on any atom is 0.225 e. The van der Waals surface area contributed by atoms with Gasteiger partial charge in [-0.15, -0.1) is 0 Å². The molecule has 2 aromatic rings. The van der Waals surface area contributed by atoms with Crippen molar-refractivity contribution in [3.05, 3.63) is 42.1 Å². The smallest absolute Gasteiger partial charge is 0.225 e. The van der Waals surface area contributed by atoms with Gasteiger partial charge in [-0.2, -0.15) is 5.10 Å². The summed E-state index contributed by atoms with van der Waals surface area (Å²) in [5.74, 6) is 0.712. The Balaban J connectivity index is 2.10. The van der Waals surface area contributed by atoms with Gasteiger partial charge in [-0.3, -0.25) is 4.79 Å². The highest BCUT2D eigenvalue weighted by Crippen LogP contribution is 2.18. The minimum atomic E-state index is 0.00980. The van der Waals surface area contributed by atoms with Crippen LogP contribution in [0.2, 0.25) is 0 Å². The highest BCUT2D eigenvalue weighted by atomic mass is 16.1. The van der Waals surface area contributed by atoms with Crippen LogP contribution in [0.15, 0.2) is 36.5 Å². The fourth-order valence-electron chi connectivity index (χ4n) is 2.02. The normalized spacial score (nSPS) is 10.5. The van der Waals surface area contributed by atoms with E-state index in [-0.39, 0.29) is 5.91 Å². The molecule has 2 N–H and O–H groups in total. The summed E-state index contributed by atoms with van der Waals surface area (Å²) in [5, 5.41) is 10.2. The van der Waals surface area contributed by atoms with Crippen molar-refractivity contribution in [3.63, 3.8) is 0 Å². The van der Waals surface area contributed by atoms with Crippen LogP contribution in [0.1, 0.15) is 18.4 Å². The molecule has 0 saturated carbocycles. The molecule has 1 amide bonds. The number of nitrogens with one attached hydrogen (secondary N) is 2. The van der Waals surface area contributed by atoms with Gasteiger partial charge in [-0.1, -0.05) is 18.2 Å². The van der Waals surface area contributed by atoms with E-state index in [9.17, 15) is 4.79 Å². The Hall–Kier alpha value is -2.14. The average molecular weight is 272 g/mol. The number of aromatic nitrogens is 2. The number of rotatable bonds is 6. The first kappa shape index (κ1) is 14.3. The molecule has 5 heteroatoms. The second-order valence-corrected chi connectivity index (χ2v) is 4.67. The molecule has 1 aromatic heterocycles. The zero-order chi connectivity index (χ0) is 14.4. The molecule has 0 atom stereocenters. The van der Waals surface area contributed by atoms with Gasteiger partial charge in [0.1, 0.15) is 5.82 Å². The maximum atomic E-state index is 11.9. The van der Waals surface area contributed by atoms with Gasteiger partial charge in [-0.05, 0) is 38.6 Å². The van der Waals surface area contributed by atoms with Crippen molar-refractivity contribution in [2.75, 3.05) is 18.9 Å². The molecule has 0 aliphatic rings. The van der Waals surface area contributed by atoms with E-state index in [0.29, 0.717) is 12.2 Å². The topological polar surface area (TPSA) is 59.0 Å². The van der Waals surface area contributed by atoms with E-state index < -0.39 is 0 Å². The number of amides is 1. The van der Waals surface area contributed by atoms with Crippen LogP contribution in [0, 0.1) is 6.92 Å². The van der Waals surface area contributed by atoms with Crippen molar-refractivity contribution in [3.8, 4) is 5.69 Å². The second kappa shape index (κ2) is 6.86. The molecule has 20 heavy (non-hydrogen) atoms. The number of benzene rings is 1. The lowest BCUT2D eigenvalue weighted by atomic mass is 10.2. The summed E-state index contributed by atoms with van der Waals surface area (Å²) in [6, 6.07) is 9.76. The molecule has 0 radical (unpaired) electrons. The molecule has 0 fully saturated rings. The molecule has 0 spiro atoms. The van der Waals surface area contributed by atoms with Crippen LogP contribution < -0.4 is 10.6 Å². The van der Waals surface area contributed by atoms with Crippen molar-refractivity contribution in [2.24, 2.45) is 0 Å². The summed E-state index contributed by atoms with van der Waals surface area (Å²) in [6.07, 6.45) is 3.01. The lowest BCUT2D eigenvalue weighted by Crippen LogP contribution is -2.17. The highest BCUT2D eigenvalue weighted by Gasteiger charge is 2.09. The third-order valence-electron chi connectivity index (χ3n) is 3.08. The van der Waals surface area contributed by atoms with Crippen molar-refractivity contribution in [2.45, 2.75) is 19.8 Å². The Morgan fingerprint density at radius 2 is 2.10 bits per heavy atom. The number of aryl methyl sites for hydroxylation is 1. The van der Waals surface area contributed by atoms with Crippen molar-refractivity contribution >= 4 is 11.7 Å². The van der Waals surface area contributed by atoms with E-state index >= 15 is 0 Å². The van der Waals surface area contributed by atoms with Crippen LogP contribution in [0.4, 0.5) is 5.82 Å². The van der Waals surface area contributed by atoms with E-state index in [2.05, 4.69) is 15.7 Å². The molecule has 2 rings (SSSR count). The Morgan fingerprint density at radius 1 is 1.30 bits per heavy atom. The monoisotopic (exact) mass is 272 g/mol. The van der Waals surface area contributed by atoms with E-state index in [4.69, 9.17) is 0 Å². The lowest BCUT2D eigenvalue weighted by Gasteiger charge is -2.11. The first-order valence-corrected chi connectivity index (χ1v) is 6.77. The summed E-state index contributed by atoms with van der Waals surface area (Å²) in [4.78, 5) is 11.9. The summed E-state index contributed by atoms with van der Waals surface area (Å²) in [5.41, 5.74) is 2.09. The molecule has 0 aliphatic heterocycles. The van der Waals surface area contributed by atoms with E-state index in [1.807, 2.05) is 44.3 Å². The molecule has 1 aromatic carbocycles. The van der Waals surface area contributed by atoms with Gasteiger partial charge in [0.05, 0.1) is 11.9 Å². The number of carbonyl (C=O) groups excluding carboxylic acids is 1. The fraction of sp³-hybridized carbons (Fsp3) is 0.333. The zero-order valence-corrected chi connectivity index (χ0v) is 11.9. The molecule has 1 heterocycles. The van der Waals surface area contributed by atoms with Crippen molar-refractivity contribution in [1.29, 1.82) is 0 Å². The van der Waals surface area contributed by atoms with Crippen molar-refractivity contribution in [1.82, 2.24) is 15.1 Å². The van der Waals surface area contributed by atoms with E-state index in [1.54, 1.807) is 10.9 Å². The van der Waals surface area contributed by atoms with E-state index in [1.165, 1.54) is 0 Å². The number of hydrogen-bond donors (Lipinski definition) is 2. The third-order valence-corrected chi connectivity index (χ3v) is 3.08. The Morgan fingerprint density at radius 3 is 2.85 bits per heavy atom. The SMILES string of the molecule is CNCCCC(=O)Nc1ccnn1-c1ccccc1C. The zero-order valence-electron chi connectivity index (χ0n) is 11.9. The van der Waals surface area contributed by atoms with Crippen LogP contribution in [0.5, 0.6) is 0 Å². The molecule has 0 unspecified atom stereocenters. The summed E-state index contributed by atoms with van der Waals surface area (Å²) in [7, 11) is 1.88. The number of carbonyl (C=O) groups is 1. The fourth-order valence-corrected chi connectivity index (χ4v) is 2.02. The van der Waals surface area contributed by atoms with Gasteiger partial charge in [-0.25, -0.2) is 4.68 Å². The van der Waals surface area contributed by atoms with Gasteiger partial charge in [0.15, 0.2) is 0 Å². The maximum absolute atomic E-state index is 11.9. The quantitative estimate of drug-likeness (QED) is 0.792. The number of anilines is 1. The van der Waals surface area contributed by atoms with Crippen LogP contribution >= 0.6 is 0 Å². The average Bonchev–Trinajstić information content (AvgIpc) is 2.87. The predicted molar refractivity (Wildman–Crippen MR) is 80.1 cm³/mol. The third kappa shape index (κ3) is 3.45. The van der Waals surface area contributed by atoms with Crippen LogP contribution in [-0.2, 0) is 4.79 Å². The number of hydrogen-bond acceptors (Lipinski definition) is 3. The number of para-hydroxylation sites is 1. The minimum absolute atomic E-state index is 0.00980. The lowest BCUT2D eigenvalue weighted by molar-refractivity contribution is -0.116. The molecule has 0 aliphatic carbocycles. The van der Waals surface area contributed by atoms with Crippen LogP contribution in [0.3, 0.4) is 0 Å². The Labute approximate surface area is 119 Å². The molecular formula is C15H20N4O. The summed E-state index contributed by atoms with van der Waals surface area (Å²) in [6.45, 7) is 2.86. The van der Waals surface area contributed by atoms with Gasteiger partial charge < -0.3 is 10.6 Å². The van der Waals surface area contributed by atoms with E-state index in [0.717, 1.165) is 24.2 Å². The first-order valence-electron chi connectivity index (χ1n) is 6.77. The van der Waals surface area contributed by atoms with Gasteiger partial charge in [0.25, 0.3) is 0 Å². The predicted octanol–water partition coefficient (Wildman–Crippen LogP) is 2.12. The summed E-state index contributed by atoms with van der Waals surface area (Å²) < 4.78 is 1.76. The number of nitrogens with zero attached hydrogens (tertiary/aromatic N) is 2. The molecule has 5 nitrogen and oxygen atoms in total. The standard InChI is InChI=1S/C15H20N4O/c1-12-6-3-4-7-13(12)19-14(9-11-17-19)18-15(20)8-5-10-16-2/h3-4,6-7,9,11,16H,5,8,10H2,1-2H3,(H,18,20). The Bertz CT molecular complexity index is 577. The minimum Gasteiger partial charge on any atom is -0.320 e. The van der Waals surface area contributed by atoms with Crippen molar-refractivity contribution < 1.29 is 4.79 Å². The Kier molecular flexibility index (Phi) is 4.90. The molecular weight excluding hydrogens is 252 g/mol. The highest BCUT2D eigenvalue weighted by molar-refractivity contribution is 5.90. The van der Waals surface area contributed by atoms with Crippen LogP contribution in [0.25, 0.3) is 5.69 Å². The van der Waals surface area contributed by atoms with Crippen LogP contribution in [-0.4, -0.2) is 29.3 Å².